The lowest BCUT2D eigenvalue weighted by atomic mass is 10.0. The molecule has 3 aromatic rings. The van der Waals surface area contributed by atoms with Gasteiger partial charge in [-0.25, -0.2) is 12.8 Å². The van der Waals surface area contributed by atoms with E-state index in [4.69, 9.17) is 0 Å². The number of amides is 1. The second kappa shape index (κ2) is 9.83. The van der Waals surface area contributed by atoms with Gasteiger partial charge in [0, 0.05) is 35.5 Å². The van der Waals surface area contributed by atoms with Crippen molar-refractivity contribution in [1.82, 2.24) is 4.90 Å². The van der Waals surface area contributed by atoms with Crippen LogP contribution in [0.2, 0.25) is 0 Å². The van der Waals surface area contributed by atoms with Crippen LogP contribution in [0.15, 0.2) is 71.6 Å². The van der Waals surface area contributed by atoms with Crippen LogP contribution in [-0.2, 0) is 16.4 Å². The molecule has 0 radical (unpaired) electrons. The second-order valence-corrected chi connectivity index (χ2v) is 10.2. The van der Waals surface area contributed by atoms with E-state index in [0.29, 0.717) is 24.1 Å². The Balaban J connectivity index is 1.47. The summed E-state index contributed by atoms with van der Waals surface area (Å²) in [7, 11) is -4.06. The summed E-state index contributed by atoms with van der Waals surface area (Å²) in [6, 6.07) is 16.0. The largest absolute Gasteiger partial charge is 0.335 e. The summed E-state index contributed by atoms with van der Waals surface area (Å²) in [4.78, 5) is 25.2. The Morgan fingerprint density at radius 3 is 2.57 bits per heavy atom. The van der Waals surface area contributed by atoms with Crippen molar-refractivity contribution in [3.05, 3.63) is 99.4 Å². The van der Waals surface area contributed by atoms with Crippen molar-refractivity contribution in [2.45, 2.75) is 37.1 Å². The maximum Gasteiger partial charge on any atom is 0.273 e. The minimum Gasteiger partial charge on any atom is -0.335 e. The van der Waals surface area contributed by atoms with Crippen LogP contribution in [0.25, 0.3) is 0 Å². The molecule has 35 heavy (non-hydrogen) atoms. The van der Waals surface area contributed by atoms with Crippen molar-refractivity contribution in [3.63, 3.8) is 0 Å². The Morgan fingerprint density at radius 2 is 1.89 bits per heavy atom. The van der Waals surface area contributed by atoms with Crippen molar-refractivity contribution < 1.29 is 22.5 Å². The van der Waals surface area contributed by atoms with Gasteiger partial charge in [0.1, 0.15) is 5.82 Å². The number of aryl methyl sites for hydroxylation is 1. The Kier molecular flexibility index (Phi) is 6.83. The molecule has 0 aromatic heterocycles. The fraction of sp³-hybridized carbons (Fsp3) is 0.240. The number of carbonyl (C=O) groups is 1. The number of nitro benzene ring substituents is 1. The van der Waals surface area contributed by atoms with Gasteiger partial charge in [0.2, 0.25) is 0 Å². The number of sulfonamides is 1. The molecule has 1 amide bonds. The van der Waals surface area contributed by atoms with Gasteiger partial charge in [-0.15, -0.1) is 0 Å². The van der Waals surface area contributed by atoms with E-state index in [0.717, 1.165) is 24.5 Å². The van der Waals surface area contributed by atoms with Crippen molar-refractivity contribution in [1.29, 1.82) is 0 Å². The number of rotatable bonds is 7. The standard InChI is InChI=1S/C25H24FN3O5S/c1-17-7-12-23(16-24(17)29(31)32)35(33,34)27-21-10-8-19(9-11-21)25(30)28-13-3-6-22(28)15-18-4-2-5-20(26)14-18/h2,4-5,7-12,14,16,22,27H,3,6,13,15H2,1H3. The SMILES string of the molecule is Cc1ccc(S(=O)(=O)Nc2ccc(C(=O)N3CCCC3Cc3cccc(F)c3)cc2)cc1[N+](=O)[O-]. The number of hydrogen-bond acceptors (Lipinski definition) is 5. The maximum absolute atomic E-state index is 13.5. The van der Waals surface area contributed by atoms with E-state index < -0.39 is 14.9 Å². The smallest absolute Gasteiger partial charge is 0.273 e. The summed E-state index contributed by atoms with van der Waals surface area (Å²) in [5.74, 6) is -0.482. The molecule has 1 fully saturated rings. The Hall–Kier alpha value is -3.79. The minimum absolute atomic E-state index is 0.0418. The first-order valence-electron chi connectivity index (χ1n) is 11.1. The number of halogens is 1. The second-order valence-electron chi connectivity index (χ2n) is 8.52. The van der Waals surface area contributed by atoms with Gasteiger partial charge in [-0.2, -0.15) is 0 Å². The number of benzene rings is 3. The molecule has 1 atom stereocenters. The number of anilines is 1. The monoisotopic (exact) mass is 497 g/mol. The molecule has 1 aliphatic rings. The molecule has 3 aromatic carbocycles. The van der Waals surface area contributed by atoms with Crippen LogP contribution in [0.4, 0.5) is 15.8 Å². The lowest BCUT2D eigenvalue weighted by molar-refractivity contribution is -0.385. The molecule has 182 valence electrons. The number of carbonyl (C=O) groups excluding carboxylic acids is 1. The van der Waals surface area contributed by atoms with E-state index in [1.165, 1.54) is 55.5 Å². The highest BCUT2D eigenvalue weighted by Crippen LogP contribution is 2.26. The third-order valence-electron chi connectivity index (χ3n) is 6.07. The summed E-state index contributed by atoms with van der Waals surface area (Å²) in [5.41, 5.74) is 1.53. The van der Waals surface area contributed by atoms with E-state index in [-0.39, 0.29) is 34.0 Å². The number of nitrogens with zero attached hydrogens (tertiary/aromatic N) is 2. The van der Waals surface area contributed by atoms with Gasteiger partial charge in [-0.3, -0.25) is 19.6 Å². The molecule has 0 aliphatic carbocycles. The van der Waals surface area contributed by atoms with Crippen LogP contribution in [0.1, 0.15) is 34.3 Å². The van der Waals surface area contributed by atoms with Crippen molar-refractivity contribution in [2.75, 3.05) is 11.3 Å². The molecule has 0 spiro atoms. The summed E-state index contributed by atoms with van der Waals surface area (Å²) in [5, 5.41) is 11.1. The first-order valence-corrected chi connectivity index (χ1v) is 12.6. The van der Waals surface area contributed by atoms with Gasteiger partial charge in [-0.05, 0) is 74.2 Å². The highest BCUT2D eigenvalue weighted by atomic mass is 32.2. The predicted molar refractivity (Wildman–Crippen MR) is 129 cm³/mol. The molecule has 4 rings (SSSR count). The lowest BCUT2D eigenvalue weighted by Crippen LogP contribution is -2.36. The quantitative estimate of drug-likeness (QED) is 0.376. The fourth-order valence-electron chi connectivity index (χ4n) is 4.27. The average molecular weight is 498 g/mol. The number of nitro groups is 1. The fourth-order valence-corrected chi connectivity index (χ4v) is 5.34. The van der Waals surface area contributed by atoms with Gasteiger partial charge in [0.25, 0.3) is 21.6 Å². The molecule has 1 unspecified atom stereocenters. The van der Waals surface area contributed by atoms with E-state index in [9.17, 15) is 27.7 Å². The van der Waals surface area contributed by atoms with E-state index in [1.807, 2.05) is 6.07 Å². The van der Waals surface area contributed by atoms with E-state index in [2.05, 4.69) is 4.72 Å². The number of nitrogens with one attached hydrogen (secondary N) is 1. The van der Waals surface area contributed by atoms with Crippen LogP contribution in [-0.4, -0.2) is 36.7 Å². The minimum atomic E-state index is -4.06. The van der Waals surface area contributed by atoms with Crippen LogP contribution in [0.3, 0.4) is 0 Å². The van der Waals surface area contributed by atoms with Crippen molar-refractivity contribution in [3.8, 4) is 0 Å². The zero-order valence-electron chi connectivity index (χ0n) is 19.0. The molecule has 0 saturated carbocycles. The lowest BCUT2D eigenvalue weighted by Gasteiger charge is -2.25. The molecule has 1 aliphatic heterocycles. The third kappa shape index (κ3) is 5.48. The van der Waals surface area contributed by atoms with Crippen molar-refractivity contribution in [2.24, 2.45) is 0 Å². The molecular weight excluding hydrogens is 473 g/mol. The topological polar surface area (TPSA) is 110 Å². The molecule has 0 bridgehead atoms. The maximum atomic E-state index is 13.5. The summed E-state index contributed by atoms with van der Waals surface area (Å²) in [6.07, 6.45) is 2.24. The summed E-state index contributed by atoms with van der Waals surface area (Å²) in [6.45, 7) is 2.13. The molecule has 8 nitrogen and oxygen atoms in total. The Morgan fingerprint density at radius 1 is 1.14 bits per heavy atom. The molecular formula is C25H24FN3O5S. The summed E-state index contributed by atoms with van der Waals surface area (Å²) >= 11 is 0. The number of likely N-dealkylation sites (tertiary alicyclic amines) is 1. The first-order chi connectivity index (χ1) is 16.6. The predicted octanol–water partition coefficient (Wildman–Crippen LogP) is 4.69. The Bertz CT molecular complexity index is 1380. The first kappa shape index (κ1) is 24.3. The molecule has 1 heterocycles. The van der Waals surface area contributed by atoms with Gasteiger partial charge in [-0.1, -0.05) is 18.2 Å². The number of hydrogen-bond donors (Lipinski definition) is 1. The van der Waals surface area contributed by atoms with Crippen molar-refractivity contribution >= 4 is 27.3 Å². The summed E-state index contributed by atoms with van der Waals surface area (Å²) < 4.78 is 41.4. The van der Waals surface area contributed by atoms with E-state index >= 15 is 0 Å². The van der Waals surface area contributed by atoms with Gasteiger partial charge >= 0.3 is 0 Å². The van der Waals surface area contributed by atoms with Gasteiger partial charge in [0.15, 0.2) is 0 Å². The molecule has 1 saturated heterocycles. The highest BCUT2D eigenvalue weighted by Gasteiger charge is 2.29. The normalized spacial score (nSPS) is 15.7. The Labute approximate surface area is 202 Å². The van der Waals surface area contributed by atoms with Crippen LogP contribution < -0.4 is 4.72 Å². The zero-order valence-corrected chi connectivity index (χ0v) is 19.8. The van der Waals surface area contributed by atoms with Crippen LogP contribution >= 0.6 is 0 Å². The highest BCUT2D eigenvalue weighted by molar-refractivity contribution is 7.92. The molecule has 10 heteroatoms. The van der Waals surface area contributed by atoms with Crippen LogP contribution in [0, 0.1) is 22.9 Å². The third-order valence-corrected chi connectivity index (χ3v) is 7.45. The van der Waals surface area contributed by atoms with Gasteiger partial charge in [0.05, 0.1) is 9.82 Å². The van der Waals surface area contributed by atoms with E-state index in [1.54, 1.807) is 11.0 Å². The van der Waals surface area contributed by atoms with Crippen LogP contribution in [0.5, 0.6) is 0 Å². The zero-order chi connectivity index (χ0) is 25.2. The average Bonchev–Trinajstić information content (AvgIpc) is 3.27. The molecule has 1 N–H and O–H groups in total. The van der Waals surface area contributed by atoms with Gasteiger partial charge < -0.3 is 4.90 Å².